The zero-order valence-electron chi connectivity index (χ0n) is 12.9. The summed E-state index contributed by atoms with van der Waals surface area (Å²) in [6.45, 7) is 4.05. The van der Waals surface area contributed by atoms with E-state index in [-0.39, 0.29) is 24.5 Å². The lowest BCUT2D eigenvalue weighted by Crippen LogP contribution is -2.22. The van der Waals surface area contributed by atoms with Crippen LogP contribution in [-0.2, 0) is 11.3 Å². The molecule has 0 aliphatic heterocycles. The quantitative estimate of drug-likeness (QED) is 0.545. The summed E-state index contributed by atoms with van der Waals surface area (Å²) in [6, 6.07) is 7.47. The number of carbonyl (C=O) groups is 1. The number of aryl methyl sites for hydroxylation is 3. The number of carbonyl (C=O) groups excluding carboxylic acids is 1. The average Bonchev–Trinajstić information content (AvgIpc) is 3.00. The van der Waals surface area contributed by atoms with Crippen molar-refractivity contribution in [2.24, 2.45) is 0 Å². The first-order chi connectivity index (χ1) is 11.1. The van der Waals surface area contributed by atoms with Crippen LogP contribution in [0, 0.1) is 13.8 Å². The van der Waals surface area contributed by atoms with Crippen LogP contribution in [-0.4, -0.2) is 15.5 Å². The van der Waals surface area contributed by atoms with Crippen molar-refractivity contribution < 1.29 is 9.53 Å². The molecule has 2 aromatic heterocycles. The van der Waals surface area contributed by atoms with Crippen LogP contribution in [0.4, 0.5) is 0 Å². The molecule has 3 aromatic rings. The minimum absolute atomic E-state index is 0.116. The molecule has 5 nitrogen and oxygen atoms in total. The van der Waals surface area contributed by atoms with Crippen LogP contribution in [0.15, 0.2) is 40.8 Å². The van der Waals surface area contributed by atoms with Gasteiger partial charge in [-0.2, -0.15) is 0 Å². The molecule has 2 heterocycles. The highest BCUT2D eigenvalue weighted by Crippen LogP contribution is 2.22. The predicted octanol–water partition coefficient (Wildman–Crippen LogP) is 3.07. The molecule has 0 atom stereocenters. The van der Waals surface area contributed by atoms with Gasteiger partial charge in [0.1, 0.15) is 10.6 Å². The molecule has 0 unspecified atom stereocenters. The molecule has 0 bridgehead atoms. The Morgan fingerprint density at radius 2 is 2.00 bits per heavy atom. The van der Waals surface area contributed by atoms with Crippen molar-refractivity contribution in [3.63, 3.8) is 0 Å². The first kappa shape index (κ1) is 15.4. The maximum Gasteiger partial charge on any atom is 0.313 e. The lowest BCUT2D eigenvalue weighted by molar-refractivity contribution is -0.134. The number of thiophene rings is 1. The second-order valence-corrected chi connectivity index (χ2v) is 6.22. The summed E-state index contributed by atoms with van der Waals surface area (Å²) < 4.78 is 6.88. The molecule has 118 valence electrons. The average molecular weight is 328 g/mol. The Bertz CT molecular complexity index is 907. The van der Waals surface area contributed by atoms with E-state index in [0.29, 0.717) is 16.0 Å². The van der Waals surface area contributed by atoms with Gasteiger partial charge >= 0.3 is 5.97 Å². The third-order valence-corrected chi connectivity index (χ3v) is 4.45. The smallest absolute Gasteiger partial charge is 0.313 e. The van der Waals surface area contributed by atoms with E-state index in [0.717, 1.165) is 11.1 Å². The molecule has 0 spiro atoms. The Morgan fingerprint density at radius 1 is 1.26 bits per heavy atom. The number of aromatic nitrogens is 2. The topological polar surface area (TPSA) is 61.2 Å². The number of para-hydroxylation sites is 1. The monoisotopic (exact) mass is 328 g/mol. The van der Waals surface area contributed by atoms with Gasteiger partial charge in [-0.15, -0.1) is 11.3 Å². The molecule has 0 aliphatic rings. The summed E-state index contributed by atoms with van der Waals surface area (Å²) in [5, 5.41) is 2.42. The second kappa shape index (κ2) is 6.34. The summed E-state index contributed by atoms with van der Waals surface area (Å²) >= 11 is 1.42. The molecule has 6 heteroatoms. The molecule has 23 heavy (non-hydrogen) atoms. The standard InChI is InChI=1S/C17H16N2O3S/c1-11-4-3-5-12(2)15(11)22-14(20)6-8-19-10-18-16-13(17(19)21)7-9-23-16/h3-5,7,9-10H,6,8H2,1-2H3. The predicted molar refractivity (Wildman–Crippen MR) is 90.0 cm³/mol. The molecular formula is C17H16N2O3S. The first-order valence-electron chi connectivity index (χ1n) is 7.26. The van der Waals surface area contributed by atoms with Gasteiger partial charge in [0.2, 0.25) is 0 Å². The van der Waals surface area contributed by atoms with E-state index in [9.17, 15) is 9.59 Å². The van der Waals surface area contributed by atoms with Gasteiger partial charge in [0, 0.05) is 6.54 Å². The number of fused-ring (bicyclic) bond motifs is 1. The van der Waals surface area contributed by atoms with E-state index in [1.54, 1.807) is 6.07 Å². The van der Waals surface area contributed by atoms with Crippen molar-refractivity contribution in [2.45, 2.75) is 26.8 Å². The molecule has 0 aliphatic carbocycles. The molecule has 3 rings (SSSR count). The normalized spacial score (nSPS) is 10.9. The van der Waals surface area contributed by atoms with E-state index in [1.165, 1.54) is 22.2 Å². The van der Waals surface area contributed by atoms with Crippen LogP contribution in [0.5, 0.6) is 5.75 Å². The third kappa shape index (κ3) is 3.17. The van der Waals surface area contributed by atoms with Crippen LogP contribution >= 0.6 is 11.3 Å². The molecule has 0 saturated carbocycles. The van der Waals surface area contributed by atoms with Crippen molar-refractivity contribution in [2.75, 3.05) is 0 Å². The van der Waals surface area contributed by atoms with Crippen molar-refractivity contribution in [1.82, 2.24) is 9.55 Å². The van der Waals surface area contributed by atoms with Crippen LogP contribution in [0.25, 0.3) is 10.2 Å². The summed E-state index contributed by atoms with van der Waals surface area (Å²) in [6.07, 6.45) is 1.60. The van der Waals surface area contributed by atoms with Crippen LogP contribution in [0.1, 0.15) is 17.5 Å². The highest BCUT2D eigenvalue weighted by molar-refractivity contribution is 7.16. The van der Waals surface area contributed by atoms with Crippen LogP contribution in [0.2, 0.25) is 0 Å². The van der Waals surface area contributed by atoms with Gasteiger partial charge in [-0.3, -0.25) is 14.2 Å². The summed E-state index contributed by atoms with van der Waals surface area (Å²) in [5.74, 6) is 0.232. The molecule has 1 aromatic carbocycles. The Hall–Kier alpha value is -2.47. The van der Waals surface area contributed by atoms with Gasteiger partial charge in [-0.1, -0.05) is 18.2 Å². The van der Waals surface area contributed by atoms with Gasteiger partial charge < -0.3 is 4.74 Å². The fourth-order valence-corrected chi connectivity index (χ4v) is 3.11. The largest absolute Gasteiger partial charge is 0.426 e. The number of hydrogen-bond donors (Lipinski definition) is 0. The van der Waals surface area contributed by atoms with Crippen LogP contribution < -0.4 is 10.3 Å². The summed E-state index contributed by atoms with van der Waals surface area (Å²) in [5.41, 5.74) is 1.70. The molecule has 0 amide bonds. The fourth-order valence-electron chi connectivity index (χ4n) is 2.39. The number of benzene rings is 1. The van der Waals surface area contributed by atoms with Gasteiger partial charge in [0.25, 0.3) is 5.56 Å². The van der Waals surface area contributed by atoms with E-state index >= 15 is 0 Å². The second-order valence-electron chi connectivity index (χ2n) is 5.33. The van der Waals surface area contributed by atoms with E-state index < -0.39 is 0 Å². The SMILES string of the molecule is Cc1cccc(C)c1OC(=O)CCn1cnc2sccc2c1=O. The lowest BCUT2D eigenvalue weighted by atomic mass is 10.1. The Balaban J connectivity index is 1.71. The highest BCUT2D eigenvalue weighted by Gasteiger charge is 2.11. The Kier molecular flexibility index (Phi) is 4.25. The molecular weight excluding hydrogens is 312 g/mol. The number of nitrogens with zero attached hydrogens (tertiary/aromatic N) is 2. The fraction of sp³-hybridized carbons (Fsp3) is 0.235. The van der Waals surface area contributed by atoms with Gasteiger partial charge in [-0.05, 0) is 36.4 Å². The van der Waals surface area contributed by atoms with Crippen molar-refractivity contribution in [1.29, 1.82) is 0 Å². The minimum atomic E-state index is -0.361. The number of esters is 1. The van der Waals surface area contributed by atoms with Gasteiger partial charge in [-0.25, -0.2) is 4.98 Å². The number of rotatable bonds is 4. The first-order valence-corrected chi connectivity index (χ1v) is 8.14. The van der Waals surface area contributed by atoms with Crippen molar-refractivity contribution >= 4 is 27.5 Å². The number of ether oxygens (including phenoxy) is 1. The van der Waals surface area contributed by atoms with E-state index in [2.05, 4.69) is 4.98 Å². The third-order valence-electron chi connectivity index (χ3n) is 3.63. The zero-order valence-corrected chi connectivity index (χ0v) is 13.7. The van der Waals surface area contributed by atoms with Gasteiger partial charge in [0.15, 0.2) is 0 Å². The van der Waals surface area contributed by atoms with Crippen molar-refractivity contribution in [3.8, 4) is 5.75 Å². The summed E-state index contributed by atoms with van der Waals surface area (Å²) in [4.78, 5) is 29.2. The minimum Gasteiger partial charge on any atom is -0.426 e. The maximum absolute atomic E-state index is 12.2. The highest BCUT2D eigenvalue weighted by atomic mass is 32.1. The van der Waals surface area contributed by atoms with Crippen molar-refractivity contribution in [3.05, 3.63) is 57.5 Å². The van der Waals surface area contributed by atoms with E-state index in [1.807, 2.05) is 37.4 Å². The summed E-state index contributed by atoms with van der Waals surface area (Å²) in [7, 11) is 0. The lowest BCUT2D eigenvalue weighted by Gasteiger charge is -2.10. The van der Waals surface area contributed by atoms with Crippen LogP contribution in [0.3, 0.4) is 0 Å². The Morgan fingerprint density at radius 3 is 2.74 bits per heavy atom. The molecule has 0 fully saturated rings. The molecule has 0 saturated heterocycles. The molecule has 0 radical (unpaired) electrons. The van der Waals surface area contributed by atoms with E-state index in [4.69, 9.17) is 4.74 Å². The molecule has 0 N–H and O–H groups in total. The maximum atomic E-state index is 12.2. The Labute approximate surface area is 137 Å². The zero-order chi connectivity index (χ0) is 16.4. The number of hydrogen-bond acceptors (Lipinski definition) is 5. The van der Waals surface area contributed by atoms with Gasteiger partial charge in [0.05, 0.1) is 18.1 Å².